The van der Waals surface area contributed by atoms with E-state index in [9.17, 15) is 9.59 Å². The maximum atomic E-state index is 13.1. The average Bonchev–Trinajstić information content (AvgIpc) is 3.54. The van der Waals surface area contributed by atoms with Crippen LogP contribution in [0.5, 0.6) is 0 Å². The molecule has 1 saturated carbocycles. The Morgan fingerprint density at radius 1 is 1.10 bits per heavy atom. The monoisotopic (exact) mass is 523 g/mol. The summed E-state index contributed by atoms with van der Waals surface area (Å²) in [6, 6.07) is 14.4. The lowest BCUT2D eigenvalue weighted by Gasteiger charge is -2.26. The summed E-state index contributed by atoms with van der Waals surface area (Å²) in [5.41, 5.74) is 4.30. The summed E-state index contributed by atoms with van der Waals surface area (Å²) in [7, 11) is 1.83. The van der Waals surface area contributed by atoms with Gasteiger partial charge in [-0.3, -0.25) is 14.9 Å². The zero-order valence-electron chi connectivity index (χ0n) is 22.4. The van der Waals surface area contributed by atoms with Crippen LogP contribution < -0.4 is 10.2 Å². The summed E-state index contributed by atoms with van der Waals surface area (Å²) in [5, 5.41) is 12.0. The molecule has 1 fully saturated rings. The molecular weight excluding hydrogens is 490 g/mol. The van der Waals surface area contributed by atoms with Crippen molar-refractivity contribution in [3.8, 4) is 6.07 Å². The number of hydrogen-bond donors (Lipinski definition) is 1. The molecule has 1 aliphatic carbocycles. The first-order valence-electron chi connectivity index (χ1n) is 13.5. The molecule has 0 radical (unpaired) electrons. The van der Waals surface area contributed by atoms with Gasteiger partial charge in [0.2, 0.25) is 11.9 Å². The van der Waals surface area contributed by atoms with Crippen molar-refractivity contribution in [2.24, 2.45) is 5.92 Å². The van der Waals surface area contributed by atoms with Crippen LogP contribution in [0.2, 0.25) is 0 Å². The zero-order valence-corrected chi connectivity index (χ0v) is 22.4. The van der Waals surface area contributed by atoms with Crippen LogP contribution in [0.3, 0.4) is 0 Å². The maximum Gasteiger partial charge on any atom is 0.257 e. The minimum atomic E-state index is -0.300. The SMILES string of the molecule is Cc1cn(CCCn2c(NC(=O)c3ccc(C#N)cc3)nc3cc(N(C)C(=O)C4CCCCC4)ccc32)cn1. The minimum Gasteiger partial charge on any atom is -0.337 e. The Bertz CT molecular complexity index is 1520. The van der Waals surface area contributed by atoms with Crippen LogP contribution in [0.4, 0.5) is 11.6 Å². The van der Waals surface area contributed by atoms with Gasteiger partial charge in [-0.25, -0.2) is 9.97 Å². The van der Waals surface area contributed by atoms with E-state index in [0.29, 0.717) is 29.1 Å². The van der Waals surface area contributed by atoms with Crippen LogP contribution in [-0.2, 0) is 17.9 Å². The number of nitrogens with one attached hydrogen (secondary N) is 1. The second kappa shape index (κ2) is 11.5. The first-order chi connectivity index (χ1) is 18.9. The van der Waals surface area contributed by atoms with Crippen LogP contribution in [0, 0.1) is 24.2 Å². The average molecular weight is 524 g/mol. The molecular formula is C30H33N7O2. The molecule has 1 N–H and O–H groups in total. The van der Waals surface area contributed by atoms with E-state index in [1.807, 2.05) is 53.8 Å². The summed E-state index contributed by atoms with van der Waals surface area (Å²) in [4.78, 5) is 37.0. The Hall–Kier alpha value is -4.45. The van der Waals surface area contributed by atoms with Gasteiger partial charge in [0.1, 0.15) is 0 Å². The number of carbonyl (C=O) groups excluding carboxylic acids is 2. The van der Waals surface area contributed by atoms with E-state index in [4.69, 9.17) is 10.2 Å². The Balaban J connectivity index is 1.41. The summed E-state index contributed by atoms with van der Waals surface area (Å²) in [6.45, 7) is 3.37. The van der Waals surface area contributed by atoms with Crippen LogP contribution >= 0.6 is 0 Å². The standard InChI is InChI=1S/C30H33N7O2/c1-21-19-36(20-32-21)15-6-16-37-27-14-13-25(35(2)29(39)24-7-4-3-5-8-24)17-26(27)33-30(37)34-28(38)23-11-9-22(18-31)10-12-23/h9-14,17,19-20,24H,3-8,15-16H2,1-2H3,(H,33,34,38). The topological polar surface area (TPSA) is 109 Å². The van der Waals surface area contributed by atoms with Crippen molar-refractivity contribution in [3.05, 3.63) is 71.8 Å². The van der Waals surface area contributed by atoms with E-state index in [-0.39, 0.29) is 17.7 Å². The summed E-state index contributed by atoms with van der Waals surface area (Å²) in [6.07, 6.45) is 9.94. The van der Waals surface area contributed by atoms with Crippen molar-refractivity contribution in [1.82, 2.24) is 19.1 Å². The number of nitriles is 1. The number of nitrogens with zero attached hydrogens (tertiary/aromatic N) is 6. The van der Waals surface area contributed by atoms with E-state index in [1.165, 1.54) is 6.42 Å². The summed E-state index contributed by atoms with van der Waals surface area (Å²) in [5.74, 6) is 0.371. The van der Waals surface area contributed by atoms with E-state index in [2.05, 4.69) is 16.4 Å². The Labute approximate surface area is 228 Å². The van der Waals surface area contributed by atoms with E-state index >= 15 is 0 Å². The van der Waals surface area contributed by atoms with E-state index in [0.717, 1.165) is 55.5 Å². The van der Waals surface area contributed by atoms with Gasteiger partial charge in [-0.2, -0.15) is 5.26 Å². The molecule has 2 aromatic carbocycles. The Morgan fingerprint density at radius 3 is 2.56 bits per heavy atom. The van der Waals surface area contributed by atoms with Crippen molar-refractivity contribution in [2.75, 3.05) is 17.3 Å². The zero-order chi connectivity index (χ0) is 27.4. The van der Waals surface area contributed by atoms with Crippen molar-refractivity contribution in [2.45, 2.75) is 58.5 Å². The molecule has 1 aliphatic rings. The quantitative estimate of drug-likeness (QED) is 0.337. The number of aromatic nitrogens is 4. The normalized spacial score (nSPS) is 13.8. The number of hydrogen-bond acceptors (Lipinski definition) is 5. The fourth-order valence-electron chi connectivity index (χ4n) is 5.27. The third-order valence-corrected chi connectivity index (χ3v) is 7.47. The first-order valence-corrected chi connectivity index (χ1v) is 13.5. The largest absolute Gasteiger partial charge is 0.337 e. The lowest BCUT2D eigenvalue weighted by molar-refractivity contribution is -0.123. The molecule has 0 atom stereocenters. The van der Waals surface area contributed by atoms with Gasteiger partial charge < -0.3 is 14.0 Å². The van der Waals surface area contributed by atoms with Gasteiger partial charge in [-0.15, -0.1) is 0 Å². The third kappa shape index (κ3) is 5.85. The highest BCUT2D eigenvalue weighted by molar-refractivity contribution is 6.04. The van der Waals surface area contributed by atoms with Gasteiger partial charge in [0.15, 0.2) is 0 Å². The van der Waals surface area contributed by atoms with Crippen LogP contribution in [-0.4, -0.2) is 38.0 Å². The lowest BCUT2D eigenvalue weighted by atomic mass is 9.88. The molecule has 0 saturated heterocycles. The predicted octanol–water partition coefficient (Wildman–Crippen LogP) is 5.30. The molecule has 0 spiro atoms. The molecule has 5 rings (SSSR count). The lowest BCUT2D eigenvalue weighted by Crippen LogP contribution is -2.33. The van der Waals surface area contributed by atoms with Crippen LogP contribution in [0.25, 0.3) is 11.0 Å². The van der Waals surface area contributed by atoms with Gasteiger partial charge in [0, 0.05) is 43.5 Å². The molecule has 39 heavy (non-hydrogen) atoms. The molecule has 0 unspecified atom stereocenters. The minimum absolute atomic E-state index is 0.0751. The molecule has 9 nitrogen and oxygen atoms in total. The van der Waals surface area contributed by atoms with Gasteiger partial charge in [-0.05, 0) is 68.7 Å². The van der Waals surface area contributed by atoms with Crippen molar-refractivity contribution in [3.63, 3.8) is 0 Å². The van der Waals surface area contributed by atoms with Gasteiger partial charge in [0.05, 0.1) is 34.7 Å². The number of benzene rings is 2. The second-order valence-corrected chi connectivity index (χ2v) is 10.2. The molecule has 200 valence electrons. The number of aryl methyl sites for hydroxylation is 3. The molecule has 9 heteroatoms. The fourth-order valence-corrected chi connectivity index (χ4v) is 5.27. The number of amides is 2. The van der Waals surface area contributed by atoms with Crippen LogP contribution in [0.15, 0.2) is 55.0 Å². The number of anilines is 2. The van der Waals surface area contributed by atoms with Gasteiger partial charge >= 0.3 is 0 Å². The van der Waals surface area contributed by atoms with Gasteiger partial charge in [-0.1, -0.05) is 19.3 Å². The highest BCUT2D eigenvalue weighted by Crippen LogP contribution is 2.29. The summed E-state index contributed by atoms with van der Waals surface area (Å²) < 4.78 is 4.06. The molecule has 0 aliphatic heterocycles. The molecule has 0 bridgehead atoms. The molecule has 2 heterocycles. The molecule has 2 aromatic heterocycles. The fraction of sp³-hybridized carbons (Fsp3) is 0.367. The highest BCUT2D eigenvalue weighted by Gasteiger charge is 2.25. The first kappa shape index (κ1) is 26.2. The highest BCUT2D eigenvalue weighted by atomic mass is 16.2. The Kier molecular flexibility index (Phi) is 7.73. The number of carbonyl (C=O) groups is 2. The summed E-state index contributed by atoms with van der Waals surface area (Å²) >= 11 is 0. The Morgan fingerprint density at radius 2 is 1.87 bits per heavy atom. The van der Waals surface area contributed by atoms with Crippen LogP contribution in [0.1, 0.15) is 60.1 Å². The van der Waals surface area contributed by atoms with Crippen molar-refractivity contribution in [1.29, 1.82) is 5.26 Å². The maximum absolute atomic E-state index is 13.1. The van der Waals surface area contributed by atoms with Crippen molar-refractivity contribution < 1.29 is 9.59 Å². The van der Waals surface area contributed by atoms with Gasteiger partial charge in [0.25, 0.3) is 5.91 Å². The number of fused-ring (bicyclic) bond motifs is 1. The smallest absolute Gasteiger partial charge is 0.257 e. The number of imidazole rings is 2. The van der Waals surface area contributed by atoms with Crippen molar-refractivity contribution >= 4 is 34.5 Å². The second-order valence-electron chi connectivity index (χ2n) is 10.2. The van der Waals surface area contributed by atoms with E-state index in [1.54, 1.807) is 29.2 Å². The third-order valence-electron chi connectivity index (χ3n) is 7.47. The molecule has 2 amide bonds. The predicted molar refractivity (Wildman–Crippen MR) is 150 cm³/mol. The number of rotatable bonds is 8. The van der Waals surface area contributed by atoms with E-state index < -0.39 is 0 Å². The molecule has 4 aromatic rings.